The van der Waals surface area contributed by atoms with Crippen LogP contribution in [0.5, 0.6) is 0 Å². The Bertz CT molecular complexity index is 861. The second-order valence-electron chi connectivity index (χ2n) is 8.10. The molecule has 0 aliphatic carbocycles. The number of carbonyl (C=O) groups is 4. The first kappa shape index (κ1) is 21.8. The predicted octanol–water partition coefficient (Wildman–Crippen LogP) is 2.95. The van der Waals surface area contributed by atoms with Crippen LogP contribution in [0.15, 0.2) is 18.2 Å². The summed E-state index contributed by atoms with van der Waals surface area (Å²) in [6.45, 7) is 6.19. The molecule has 1 aromatic carbocycles. The molecule has 3 rings (SSSR count). The van der Waals surface area contributed by atoms with Crippen LogP contribution in [0.2, 0.25) is 0 Å². The molecule has 0 bridgehead atoms. The van der Waals surface area contributed by atoms with Crippen molar-refractivity contribution in [3.05, 3.63) is 23.8 Å². The maximum absolute atomic E-state index is 12.9. The van der Waals surface area contributed by atoms with Crippen LogP contribution in [0.1, 0.15) is 57.9 Å². The smallest absolute Gasteiger partial charge is 0.325 e. The van der Waals surface area contributed by atoms with Gasteiger partial charge in [-0.2, -0.15) is 0 Å². The minimum Gasteiger partial charge on any atom is -0.325 e. The SMILES string of the molecule is CCCC1(CCC)NC(=O)N(CC(=O)Nc2ccc(N3CCCC3=O)c(C)c2)C1=O. The summed E-state index contributed by atoms with van der Waals surface area (Å²) >= 11 is 0. The summed E-state index contributed by atoms with van der Waals surface area (Å²) in [5.74, 6) is -0.659. The Morgan fingerprint density at radius 1 is 1.17 bits per heavy atom. The van der Waals surface area contributed by atoms with Crippen molar-refractivity contribution in [3.63, 3.8) is 0 Å². The predicted molar refractivity (Wildman–Crippen MR) is 114 cm³/mol. The lowest BCUT2D eigenvalue weighted by Gasteiger charge is -2.25. The average Bonchev–Trinajstić information content (AvgIpc) is 3.19. The van der Waals surface area contributed by atoms with Gasteiger partial charge >= 0.3 is 6.03 Å². The van der Waals surface area contributed by atoms with Crippen LogP contribution in [0.3, 0.4) is 0 Å². The van der Waals surface area contributed by atoms with Crippen molar-refractivity contribution in [1.82, 2.24) is 10.2 Å². The third-order valence-electron chi connectivity index (χ3n) is 5.75. The molecule has 162 valence electrons. The van der Waals surface area contributed by atoms with Gasteiger partial charge in [0.1, 0.15) is 12.1 Å². The third kappa shape index (κ3) is 4.17. The Morgan fingerprint density at radius 2 is 1.87 bits per heavy atom. The highest BCUT2D eigenvalue weighted by Crippen LogP contribution is 2.29. The van der Waals surface area contributed by atoms with E-state index in [0.29, 0.717) is 31.5 Å². The Balaban J connectivity index is 1.67. The second-order valence-corrected chi connectivity index (χ2v) is 8.10. The molecule has 0 unspecified atom stereocenters. The zero-order valence-corrected chi connectivity index (χ0v) is 17.9. The van der Waals surface area contributed by atoms with Gasteiger partial charge in [0.2, 0.25) is 11.8 Å². The summed E-state index contributed by atoms with van der Waals surface area (Å²) in [4.78, 5) is 52.6. The maximum atomic E-state index is 12.9. The van der Waals surface area contributed by atoms with Crippen molar-refractivity contribution in [1.29, 1.82) is 0 Å². The fourth-order valence-electron chi connectivity index (χ4n) is 4.42. The Labute approximate surface area is 177 Å². The van der Waals surface area contributed by atoms with Gasteiger partial charge in [-0.25, -0.2) is 4.79 Å². The number of nitrogens with one attached hydrogen (secondary N) is 2. The fourth-order valence-corrected chi connectivity index (χ4v) is 4.42. The van der Waals surface area contributed by atoms with E-state index in [2.05, 4.69) is 10.6 Å². The molecule has 0 radical (unpaired) electrons. The van der Waals surface area contributed by atoms with E-state index in [4.69, 9.17) is 0 Å². The maximum Gasteiger partial charge on any atom is 0.325 e. The molecule has 2 aliphatic rings. The topological polar surface area (TPSA) is 98.8 Å². The number of amides is 5. The molecule has 30 heavy (non-hydrogen) atoms. The highest BCUT2D eigenvalue weighted by atomic mass is 16.2. The van der Waals surface area contributed by atoms with Gasteiger partial charge in [-0.3, -0.25) is 19.3 Å². The Kier molecular flexibility index (Phi) is 6.43. The first-order chi connectivity index (χ1) is 14.3. The molecule has 8 nitrogen and oxygen atoms in total. The Morgan fingerprint density at radius 3 is 2.43 bits per heavy atom. The molecule has 0 saturated carbocycles. The summed E-state index contributed by atoms with van der Waals surface area (Å²) in [6, 6.07) is 4.82. The van der Waals surface area contributed by atoms with E-state index < -0.39 is 17.5 Å². The monoisotopic (exact) mass is 414 g/mol. The van der Waals surface area contributed by atoms with E-state index >= 15 is 0 Å². The molecule has 5 amide bonds. The van der Waals surface area contributed by atoms with Crippen LogP contribution in [-0.2, 0) is 14.4 Å². The lowest BCUT2D eigenvalue weighted by atomic mass is 9.88. The second kappa shape index (κ2) is 8.85. The largest absolute Gasteiger partial charge is 0.325 e. The summed E-state index contributed by atoms with van der Waals surface area (Å²) in [7, 11) is 0. The molecule has 8 heteroatoms. The van der Waals surface area contributed by atoms with Crippen molar-refractivity contribution in [2.75, 3.05) is 23.3 Å². The van der Waals surface area contributed by atoms with Crippen LogP contribution in [0.25, 0.3) is 0 Å². The van der Waals surface area contributed by atoms with Crippen molar-refractivity contribution < 1.29 is 19.2 Å². The van der Waals surface area contributed by atoms with E-state index in [1.807, 2.05) is 26.8 Å². The molecule has 2 aliphatic heterocycles. The van der Waals surface area contributed by atoms with Gasteiger partial charge in [0.25, 0.3) is 5.91 Å². The number of benzene rings is 1. The van der Waals surface area contributed by atoms with Crippen LogP contribution >= 0.6 is 0 Å². The van der Waals surface area contributed by atoms with E-state index in [1.54, 1.807) is 17.0 Å². The molecule has 2 saturated heterocycles. The first-order valence-corrected chi connectivity index (χ1v) is 10.7. The molecule has 2 N–H and O–H groups in total. The van der Waals surface area contributed by atoms with Crippen molar-refractivity contribution >= 4 is 35.1 Å². The van der Waals surface area contributed by atoms with Crippen molar-refractivity contribution in [2.24, 2.45) is 0 Å². The highest BCUT2D eigenvalue weighted by Gasteiger charge is 2.50. The number of urea groups is 1. The third-order valence-corrected chi connectivity index (χ3v) is 5.75. The zero-order chi connectivity index (χ0) is 21.9. The minimum atomic E-state index is -0.901. The summed E-state index contributed by atoms with van der Waals surface area (Å²) in [5, 5.41) is 5.57. The molecule has 2 heterocycles. The van der Waals surface area contributed by atoms with Gasteiger partial charge in [-0.15, -0.1) is 0 Å². The van der Waals surface area contributed by atoms with Crippen LogP contribution in [-0.4, -0.2) is 47.3 Å². The average molecular weight is 415 g/mol. The number of aryl methyl sites for hydroxylation is 1. The number of rotatable bonds is 8. The van der Waals surface area contributed by atoms with Crippen molar-refractivity contribution in [2.45, 2.75) is 64.8 Å². The lowest BCUT2D eigenvalue weighted by molar-refractivity contribution is -0.134. The zero-order valence-electron chi connectivity index (χ0n) is 17.9. The molecule has 2 fully saturated rings. The normalized spacial score (nSPS) is 18.2. The van der Waals surface area contributed by atoms with Gasteiger partial charge in [0, 0.05) is 24.3 Å². The molecular formula is C22H30N4O4. The number of anilines is 2. The number of imide groups is 1. The van der Waals surface area contributed by atoms with Crippen molar-refractivity contribution in [3.8, 4) is 0 Å². The molecule has 0 spiro atoms. The van der Waals surface area contributed by atoms with Gasteiger partial charge in [0.15, 0.2) is 0 Å². The quantitative estimate of drug-likeness (QED) is 0.639. The van der Waals surface area contributed by atoms with E-state index in [9.17, 15) is 19.2 Å². The van der Waals surface area contributed by atoms with Crippen LogP contribution in [0, 0.1) is 6.92 Å². The molecule has 0 aromatic heterocycles. The Hall–Kier alpha value is -2.90. The van der Waals surface area contributed by atoms with Gasteiger partial charge < -0.3 is 15.5 Å². The van der Waals surface area contributed by atoms with E-state index in [1.165, 1.54) is 0 Å². The number of hydrogen-bond acceptors (Lipinski definition) is 4. The van der Waals surface area contributed by atoms with E-state index in [-0.39, 0.29) is 18.4 Å². The fraction of sp³-hybridized carbons (Fsp3) is 0.545. The highest BCUT2D eigenvalue weighted by molar-refractivity contribution is 6.10. The lowest BCUT2D eigenvalue weighted by Crippen LogP contribution is -2.47. The summed E-state index contributed by atoms with van der Waals surface area (Å²) < 4.78 is 0. The number of carbonyl (C=O) groups excluding carboxylic acids is 4. The van der Waals surface area contributed by atoms with Gasteiger partial charge in [-0.1, -0.05) is 26.7 Å². The summed E-state index contributed by atoms with van der Waals surface area (Å²) in [6.07, 6.45) is 4.04. The minimum absolute atomic E-state index is 0.107. The molecule has 0 atom stereocenters. The van der Waals surface area contributed by atoms with E-state index in [0.717, 1.165) is 35.4 Å². The first-order valence-electron chi connectivity index (χ1n) is 10.7. The number of nitrogens with zero attached hydrogens (tertiary/aromatic N) is 2. The molecule has 1 aromatic rings. The van der Waals surface area contributed by atoms with Gasteiger partial charge in [0.05, 0.1) is 0 Å². The standard InChI is InChI=1S/C22H30N4O4/c1-4-10-22(11-5-2)20(29)26(21(30)24-22)14-18(27)23-16-8-9-17(15(3)13-16)25-12-6-7-19(25)28/h8-9,13H,4-7,10-12,14H2,1-3H3,(H,23,27)(H,24,30). The van der Waals surface area contributed by atoms with Crippen LogP contribution in [0.4, 0.5) is 16.2 Å². The van der Waals surface area contributed by atoms with Gasteiger partial charge in [-0.05, 0) is 49.9 Å². The summed E-state index contributed by atoms with van der Waals surface area (Å²) in [5.41, 5.74) is 1.38. The van der Waals surface area contributed by atoms with Crippen LogP contribution < -0.4 is 15.5 Å². The number of hydrogen-bond donors (Lipinski definition) is 2. The molecular weight excluding hydrogens is 384 g/mol.